The number of benzene rings is 1. The summed E-state index contributed by atoms with van der Waals surface area (Å²) in [5.41, 5.74) is 3.79. The maximum Gasteiger partial charge on any atom is 0.112 e. The number of H-pyrrole nitrogens is 2. The van der Waals surface area contributed by atoms with Crippen LogP contribution in [0.15, 0.2) is 36.5 Å². The molecule has 5 heteroatoms. The lowest BCUT2D eigenvalue weighted by Gasteiger charge is -2.02. The van der Waals surface area contributed by atoms with Crippen molar-refractivity contribution in [3.8, 4) is 11.3 Å². The van der Waals surface area contributed by atoms with Gasteiger partial charge >= 0.3 is 0 Å². The number of nitrogens with zero attached hydrogens (tertiary/aromatic N) is 1. The van der Waals surface area contributed by atoms with Gasteiger partial charge in [0.05, 0.1) is 10.7 Å². The van der Waals surface area contributed by atoms with Crippen LogP contribution in [0.1, 0.15) is 17.2 Å². The minimum atomic E-state index is 0.649. The molecule has 0 unspecified atom stereocenters. The fourth-order valence-electron chi connectivity index (χ4n) is 2.21. The van der Waals surface area contributed by atoms with Crippen LogP contribution in [0.3, 0.4) is 0 Å². The fraction of sp³-hybridized carbons (Fsp3) is 0.133. The lowest BCUT2D eigenvalue weighted by Crippen LogP contribution is -1.90. The van der Waals surface area contributed by atoms with Crippen molar-refractivity contribution in [3.63, 3.8) is 0 Å². The van der Waals surface area contributed by atoms with Crippen LogP contribution in [-0.2, 0) is 6.42 Å². The summed E-state index contributed by atoms with van der Waals surface area (Å²) in [4.78, 5) is 11.1. The third-order valence-electron chi connectivity index (χ3n) is 3.14. The van der Waals surface area contributed by atoms with Crippen LogP contribution in [0, 0.1) is 6.92 Å². The zero-order valence-corrected chi connectivity index (χ0v) is 12.4. The molecule has 2 heterocycles. The molecule has 3 rings (SSSR count). The summed E-state index contributed by atoms with van der Waals surface area (Å²) in [5, 5.41) is 1.30. The van der Waals surface area contributed by atoms with Gasteiger partial charge in [0.1, 0.15) is 5.82 Å². The molecular weight excluding hydrogens is 293 g/mol. The van der Waals surface area contributed by atoms with Crippen molar-refractivity contribution < 1.29 is 0 Å². The Bertz CT molecular complexity index is 730. The average Bonchev–Trinajstić information content (AvgIpc) is 3.03. The summed E-state index contributed by atoms with van der Waals surface area (Å²) in [5.74, 6) is 0.899. The Labute approximate surface area is 127 Å². The Morgan fingerprint density at radius 3 is 2.80 bits per heavy atom. The predicted octanol–water partition coefficient (Wildman–Crippen LogP) is 4.61. The predicted molar refractivity (Wildman–Crippen MR) is 82.4 cm³/mol. The first-order valence-corrected chi connectivity index (χ1v) is 7.02. The van der Waals surface area contributed by atoms with Crippen molar-refractivity contribution in [2.24, 2.45) is 0 Å². The van der Waals surface area contributed by atoms with Crippen molar-refractivity contribution in [2.45, 2.75) is 13.3 Å². The van der Waals surface area contributed by atoms with Gasteiger partial charge in [-0.15, -0.1) is 0 Å². The van der Waals surface area contributed by atoms with Crippen molar-refractivity contribution in [2.75, 3.05) is 0 Å². The summed E-state index contributed by atoms with van der Waals surface area (Å²) in [6.07, 6.45) is 2.63. The van der Waals surface area contributed by atoms with Crippen LogP contribution in [0.25, 0.3) is 11.3 Å². The number of imidazole rings is 1. The zero-order valence-electron chi connectivity index (χ0n) is 10.9. The highest BCUT2D eigenvalue weighted by atomic mass is 35.5. The van der Waals surface area contributed by atoms with Gasteiger partial charge in [-0.25, -0.2) is 4.98 Å². The smallest absolute Gasteiger partial charge is 0.112 e. The number of aromatic amines is 2. The molecule has 0 aliphatic heterocycles. The highest BCUT2D eigenvalue weighted by Gasteiger charge is 2.13. The van der Waals surface area contributed by atoms with E-state index in [0.717, 1.165) is 34.9 Å². The molecule has 3 nitrogen and oxygen atoms in total. The highest BCUT2D eigenvalue weighted by molar-refractivity contribution is 6.35. The molecule has 20 heavy (non-hydrogen) atoms. The average molecular weight is 306 g/mol. The van der Waals surface area contributed by atoms with Gasteiger partial charge in [0.25, 0.3) is 0 Å². The summed E-state index contributed by atoms with van der Waals surface area (Å²) >= 11 is 12.3. The van der Waals surface area contributed by atoms with Crippen LogP contribution in [0.5, 0.6) is 0 Å². The Morgan fingerprint density at radius 2 is 2.05 bits per heavy atom. The normalized spacial score (nSPS) is 10.9. The van der Waals surface area contributed by atoms with Crippen LogP contribution in [0.2, 0.25) is 10.0 Å². The number of halogens is 2. The number of hydrogen-bond donors (Lipinski definition) is 2. The number of aromatic nitrogens is 3. The number of hydrogen-bond acceptors (Lipinski definition) is 1. The summed E-state index contributed by atoms with van der Waals surface area (Å²) in [7, 11) is 0. The summed E-state index contributed by atoms with van der Waals surface area (Å²) in [6, 6.07) is 9.41. The fourth-order valence-corrected chi connectivity index (χ4v) is 2.58. The maximum atomic E-state index is 6.24. The molecule has 0 radical (unpaired) electrons. The standard InChI is InChI=1S/C15H13Cl2N3/c1-9-15(12-7-10(16)4-5-13(12)17)20-14(19-9)8-11-3-2-6-18-11/h2-7,18H,8H2,1H3,(H,19,20). The van der Waals surface area contributed by atoms with Gasteiger partial charge in [0, 0.05) is 34.6 Å². The van der Waals surface area contributed by atoms with Crippen LogP contribution < -0.4 is 0 Å². The molecular formula is C15H13Cl2N3. The lowest BCUT2D eigenvalue weighted by molar-refractivity contribution is 0.984. The van der Waals surface area contributed by atoms with Gasteiger partial charge in [-0.2, -0.15) is 0 Å². The summed E-state index contributed by atoms with van der Waals surface area (Å²) in [6.45, 7) is 1.98. The number of aryl methyl sites for hydroxylation is 1. The highest BCUT2D eigenvalue weighted by Crippen LogP contribution is 2.31. The van der Waals surface area contributed by atoms with Crippen molar-refractivity contribution >= 4 is 23.2 Å². The van der Waals surface area contributed by atoms with E-state index in [9.17, 15) is 0 Å². The Hall–Kier alpha value is -1.71. The van der Waals surface area contributed by atoms with Gasteiger partial charge in [0.2, 0.25) is 0 Å². The number of rotatable bonds is 3. The van der Waals surface area contributed by atoms with Gasteiger partial charge in [-0.05, 0) is 37.3 Å². The molecule has 1 aromatic carbocycles. The van der Waals surface area contributed by atoms with Crippen molar-refractivity contribution in [1.29, 1.82) is 0 Å². The van der Waals surface area contributed by atoms with E-state index < -0.39 is 0 Å². The Balaban J connectivity index is 1.98. The first-order valence-electron chi connectivity index (χ1n) is 6.26. The molecule has 0 aliphatic rings. The van der Waals surface area contributed by atoms with Crippen molar-refractivity contribution in [1.82, 2.24) is 15.0 Å². The van der Waals surface area contributed by atoms with Crippen LogP contribution in [0.4, 0.5) is 0 Å². The van der Waals surface area contributed by atoms with Crippen LogP contribution >= 0.6 is 23.2 Å². The molecule has 2 aromatic heterocycles. The minimum absolute atomic E-state index is 0.649. The second-order valence-electron chi connectivity index (χ2n) is 4.65. The van der Waals surface area contributed by atoms with E-state index in [4.69, 9.17) is 23.2 Å². The minimum Gasteiger partial charge on any atom is -0.365 e. The maximum absolute atomic E-state index is 6.24. The molecule has 0 spiro atoms. The SMILES string of the molecule is Cc1[nH]c(Cc2ccc[nH]2)nc1-c1cc(Cl)ccc1Cl. The topological polar surface area (TPSA) is 44.5 Å². The quantitative estimate of drug-likeness (QED) is 0.729. The third kappa shape index (κ3) is 2.60. The van der Waals surface area contributed by atoms with Gasteiger partial charge in [-0.1, -0.05) is 23.2 Å². The molecule has 102 valence electrons. The Kier molecular flexibility index (Phi) is 3.55. The van der Waals surface area contributed by atoms with E-state index in [1.54, 1.807) is 12.1 Å². The van der Waals surface area contributed by atoms with E-state index in [1.165, 1.54) is 0 Å². The number of nitrogens with one attached hydrogen (secondary N) is 2. The van der Waals surface area contributed by atoms with E-state index in [0.29, 0.717) is 10.0 Å². The van der Waals surface area contributed by atoms with E-state index >= 15 is 0 Å². The van der Waals surface area contributed by atoms with E-state index in [1.807, 2.05) is 31.3 Å². The van der Waals surface area contributed by atoms with Crippen molar-refractivity contribution in [3.05, 3.63) is 63.8 Å². The van der Waals surface area contributed by atoms with E-state index in [2.05, 4.69) is 15.0 Å². The molecule has 0 saturated heterocycles. The molecule has 0 fully saturated rings. The first kappa shape index (κ1) is 13.3. The second kappa shape index (κ2) is 5.35. The Morgan fingerprint density at radius 1 is 1.20 bits per heavy atom. The monoisotopic (exact) mass is 305 g/mol. The third-order valence-corrected chi connectivity index (χ3v) is 3.70. The largest absolute Gasteiger partial charge is 0.365 e. The molecule has 2 N–H and O–H groups in total. The molecule has 0 aliphatic carbocycles. The van der Waals surface area contributed by atoms with Gasteiger partial charge < -0.3 is 9.97 Å². The molecule has 0 bridgehead atoms. The zero-order chi connectivity index (χ0) is 14.1. The molecule has 0 amide bonds. The van der Waals surface area contributed by atoms with E-state index in [-0.39, 0.29) is 0 Å². The van der Waals surface area contributed by atoms with Crippen LogP contribution in [-0.4, -0.2) is 15.0 Å². The first-order chi connectivity index (χ1) is 9.63. The second-order valence-corrected chi connectivity index (χ2v) is 5.50. The molecule has 3 aromatic rings. The molecule has 0 atom stereocenters. The van der Waals surface area contributed by atoms with Gasteiger partial charge in [0.15, 0.2) is 0 Å². The van der Waals surface area contributed by atoms with Gasteiger partial charge in [-0.3, -0.25) is 0 Å². The summed E-state index contributed by atoms with van der Waals surface area (Å²) < 4.78 is 0. The lowest BCUT2D eigenvalue weighted by atomic mass is 10.1. The molecule has 0 saturated carbocycles.